The molecule has 0 radical (unpaired) electrons. The summed E-state index contributed by atoms with van der Waals surface area (Å²) in [5.74, 6) is 0. The Morgan fingerprint density at radius 1 is 0.358 bits per heavy atom. The zero-order chi connectivity index (χ0) is 34.9. The van der Waals surface area contributed by atoms with E-state index in [9.17, 15) is 0 Å². The van der Waals surface area contributed by atoms with Crippen LogP contribution in [0.3, 0.4) is 0 Å². The van der Waals surface area contributed by atoms with Crippen LogP contribution in [0.2, 0.25) is 0 Å². The monoisotopic (exact) mass is 693 g/mol. The maximum absolute atomic E-state index is 6.83. The van der Waals surface area contributed by atoms with Gasteiger partial charge in [-0.2, -0.15) is 0 Å². The molecule has 0 aliphatic heterocycles. The highest BCUT2D eigenvalue weighted by Crippen LogP contribution is 2.44. The second kappa shape index (κ2) is 11.9. The van der Waals surface area contributed by atoms with Gasteiger partial charge in [0.05, 0.1) is 0 Å². The highest BCUT2D eigenvalue weighted by atomic mass is 32.1. The molecule has 11 rings (SSSR count). The highest BCUT2D eigenvalue weighted by Gasteiger charge is 2.19. The van der Waals surface area contributed by atoms with Crippen molar-refractivity contribution in [3.05, 3.63) is 188 Å². The summed E-state index contributed by atoms with van der Waals surface area (Å²) in [5, 5.41) is 9.67. The molecule has 0 fully saturated rings. The van der Waals surface area contributed by atoms with Gasteiger partial charge in [-0.1, -0.05) is 121 Å². The van der Waals surface area contributed by atoms with Crippen LogP contribution in [0.15, 0.2) is 192 Å². The first kappa shape index (κ1) is 30.0. The van der Waals surface area contributed by atoms with Gasteiger partial charge in [0.1, 0.15) is 11.2 Å². The topological polar surface area (TPSA) is 16.4 Å². The van der Waals surface area contributed by atoms with Gasteiger partial charge in [-0.05, 0) is 99.1 Å². The van der Waals surface area contributed by atoms with Crippen LogP contribution in [0.25, 0.3) is 85.9 Å². The van der Waals surface area contributed by atoms with E-state index in [0.29, 0.717) is 0 Å². The van der Waals surface area contributed by atoms with Crippen molar-refractivity contribution in [3.8, 4) is 22.3 Å². The molecule has 248 valence electrons. The number of hydrogen-bond donors (Lipinski definition) is 0. The summed E-state index contributed by atoms with van der Waals surface area (Å²) in [6.07, 6.45) is 0. The van der Waals surface area contributed by atoms with E-state index in [2.05, 4.69) is 193 Å². The number of anilines is 3. The molecule has 0 atom stereocenters. The molecule has 2 aromatic heterocycles. The van der Waals surface area contributed by atoms with Crippen LogP contribution < -0.4 is 4.90 Å². The van der Waals surface area contributed by atoms with Gasteiger partial charge < -0.3 is 9.32 Å². The Morgan fingerprint density at radius 3 is 1.89 bits per heavy atom. The van der Waals surface area contributed by atoms with Crippen LogP contribution in [-0.4, -0.2) is 0 Å². The minimum absolute atomic E-state index is 0.868. The van der Waals surface area contributed by atoms with Crippen molar-refractivity contribution in [1.29, 1.82) is 0 Å². The van der Waals surface area contributed by atoms with E-state index in [4.69, 9.17) is 4.42 Å². The zero-order valence-electron chi connectivity index (χ0n) is 28.7. The number of furan rings is 1. The lowest BCUT2D eigenvalue weighted by Crippen LogP contribution is -2.09. The van der Waals surface area contributed by atoms with E-state index in [1.54, 1.807) is 0 Å². The van der Waals surface area contributed by atoms with E-state index in [1.165, 1.54) is 58.6 Å². The standard InChI is InChI=1S/C50H31NOS/c1-2-13-35(14-3-1)51(36-24-21-33(22-25-36)39-19-10-12-32-11-4-5-15-38(32)39)37-26-27-41-46-31-44(40-16-6-7-18-43(40)50(46)52-47(41)30-37)34-23-28-49-45(29-34)42-17-8-9-20-48(42)53-49/h1-31H. The van der Waals surface area contributed by atoms with Crippen LogP contribution in [0.1, 0.15) is 0 Å². The highest BCUT2D eigenvalue weighted by molar-refractivity contribution is 7.25. The number of para-hydroxylation sites is 1. The summed E-state index contributed by atoms with van der Waals surface area (Å²) in [6.45, 7) is 0. The minimum atomic E-state index is 0.868. The number of benzene rings is 9. The SMILES string of the molecule is c1ccc(N(c2ccc(-c3cccc4ccccc34)cc2)c2ccc3c(c2)oc2c4ccccc4c(-c4ccc5sc6ccccc6c5c4)cc32)cc1. The number of rotatable bonds is 5. The molecule has 0 aliphatic rings. The van der Waals surface area contributed by atoms with Crippen molar-refractivity contribution < 1.29 is 4.42 Å². The first-order valence-corrected chi connectivity index (χ1v) is 18.8. The lowest BCUT2D eigenvalue weighted by molar-refractivity contribution is 0.673. The summed E-state index contributed by atoms with van der Waals surface area (Å²) in [7, 11) is 0. The first-order chi connectivity index (χ1) is 26.3. The van der Waals surface area contributed by atoms with Gasteiger partial charge in [0.25, 0.3) is 0 Å². The molecular weight excluding hydrogens is 663 g/mol. The summed E-state index contributed by atoms with van der Waals surface area (Å²) in [6, 6.07) is 67.8. The molecule has 0 aliphatic carbocycles. The fourth-order valence-corrected chi connectivity index (χ4v) is 9.24. The normalized spacial score (nSPS) is 11.8. The molecule has 0 bridgehead atoms. The van der Waals surface area contributed by atoms with Gasteiger partial charge in [0.2, 0.25) is 0 Å². The van der Waals surface area contributed by atoms with Crippen molar-refractivity contribution in [1.82, 2.24) is 0 Å². The molecular formula is C50H31NOS. The fourth-order valence-electron chi connectivity index (χ4n) is 8.15. The Morgan fingerprint density at radius 2 is 1.02 bits per heavy atom. The van der Waals surface area contributed by atoms with E-state index in [0.717, 1.165) is 44.4 Å². The predicted molar refractivity (Wildman–Crippen MR) is 227 cm³/mol. The largest absolute Gasteiger partial charge is 0.455 e. The molecule has 53 heavy (non-hydrogen) atoms. The molecule has 11 aromatic rings. The first-order valence-electron chi connectivity index (χ1n) is 18.0. The average molecular weight is 694 g/mol. The molecule has 0 unspecified atom stereocenters. The van der Waals surface area contributed by atoms with Gasteiger partial charge in [-0.15, -0.1) is 11.3 Å². The molecule has 2 nitrogen and oxygen atoms in total. The molecule has 2 heterocycles. The Bertz CT molecular complexity index is 3170. The summed E-state index contributed by atoms with van der Waals surface area (Å²) in [5.41, 5.74) is 9.86. The Kier molecular flexibility index (Phi) is 6.76. The fraction of sp³-hybridized carbons (Fsp3) is 0. The number of fused-ring (bicyclic) bond motifs is 9. The van der Waals surface area contributed by atoms with Crippen molar-refractivity contribution in [3.63, 3.8) is 0 Å². The summed E-state index contributed by atoms with van der Waals surface area (Å²) >= 11 is 1.86. The molecule has 0 amide bonds. The van der Waals surface area contributed by atoms with E-state index < -0.39 is 0 Å². The van der Waals surface area contributed by atoms with Gasteiger partial charge in [0, 0.05) is 59.5 Å². The molecule has 0 N–H and O–H groups in total. The second-order valence-corrected chi connectivity index (χ2v) is 14.8. The summed E-state index contributed by atoms with van der Waals surface area (Å²) < 4.78 is 9.46. The Hall–Kier alpha value is -6.68. The van der Waals surface area contributed by atoms with E-state index >= 15 is 0 Å². The maximum atomic E-state index is 6.83. The smallest absolute Gasteiger partial charge is 0.143 e. The number of nitrogens with zero attached hydrogens (tertiary/aromatic N) is 1. The van der Waals surface area contributed by atoms with Crippen molar-refractivity contribution >= 4 is 92.1 Å². The van der Waals surface area contributed by atoms with E-state index in [1.807, 2.05) is 11.3 Å². The number of hydrogen-bond acceptors (Lipinski definition) is 3. The lowest BCUT2D eigenvalue weighted by atomic mass is 9.94. The van der Waals surface area contributed by atoms with Crippen LogP contribution in [0.5, 0.6) is 0 Å². The van der Waals surface area contributed by atoms with Crippen LogP contribution in [0, 0.1) is 0 Å². The third-order valence-electron chi connectivity index (χ3n) is 10.6. The molecule has 0 saturated heterocycles. The third-order valence-corrected chi connectivity index (χ3v) is 11.8. The molecule has 0 saturated carbocycles. The molecule has 3 heteroatoms. The average Bonchev–Trinajstić information content (AvgIpc) is 3.79. The van der Waals surface area contributed by atoms with Crippen LogP contribution in [0.4, 0.5) is 17.1 Å². The van der Waals surface area contributed by atoms with Crippen molar-refractivity contribution in [2.45, 2.75) is 0 Å². The van der Waals surface area contributed by atoms with E-state index in [-0.39, 0.29) is 0 Å². The zero-order valence-corrected chi connectivity index (χ0v) is 29.5. The van der Waals surface area contributed by atoms with Crippen molar-refractivity contribution in [2.75, 3.05) is 4.90 Å². The second-order valence-electron chi connectivity index (χ2n) is 13.7. The van der Waals surface area contributed by atoms with Crippen molar-refractivity contribution in [2.24, 2.45) is 0 Å². The quantitative estimate of drug-likeness (QED) is 0.178. The molecule has 9 aromatic carbocycles. The molecule has 0 spiro atoms. The summed E-state index contributed by atoms with van der Waals surface area (Å²) in [4.78, 5) is 2.31. The lowest BCUT2D eigenvalue weighted by Gasteiger charge is -2.25. The van der Waals surface area contributed by atoms with Gasteiger partial charge in [0.15, 0.2) is 0 Å². The van der Waals surface area contributed by atoms with Gasteiger partial charge in [-0.25, -0.2) is 0 Å². The predicted octanol–water partition coefficient (Wildman–Crippen LogP) is 15.1. The number of thiophene rings is 1. The Labute approximate surface area is 310 Å². The minimum Gasteiger partial charge on any atom is -0.455 e. The van der Waals surface area contributed by atoms with Crippen LogP contribution >= 0.6 is 11.3 Å². The van der Waals surface area contributed by atoms with Gasteiger partial charge >= 0.3 is 0 Å². The van der Waals surface area contributed by atoms with Crippen LogP contribution in [-0.2, 0) is 0 Å². The third kappa shape index (κ3) is 4.86. The van der Waals surface area contributed by atoms with Gasteiger partial charge in [-0.3, -0.25) is 0 Å². The maximum Gasteiger partial charge on any atom is 0.143 e. The Balaban J connectivity index is 1.05.